The van der Waals surface area contributed by atoms with Crippen LogP contribution in [0.25, 0.3) is 0 Å². The van der Waals surface area contributed by atoms with Gasteiger partial charge in [0.1, 0.15) is 10.6 Å². The van der Waals surface area contributed by atoms with Crippen LogP contribution in [-0.4, -0.2) is 47.4 Å². The minimum Gasteiger partial charge on any atom is -0.481 e. The highest BCUT2D eigenvalue weighted by atomic mass is 32.2. The lowest BCUT2D eigenvalue weighted by molar-refractivity contribution is -0.142. The van der Waals surface area contributed by atoms with Crippen LogP contribution in [0.5, 0.6) is 0 Å². The van der Waals surface area contributed by atoms with Gasteiger partial charge in [-0.25, -0.2) is 8.42 Å². The van der Waals surface area contributed by atoms with Gasteiger partial charge in [0.25, 0.3) is 5.91 Å². The first-order valence-corrected chi connectivity index (χ1v) is 7.86. The van der Waals surface area contributed by atoms with Gasteiger partial charge in [-0.05, 0) is 18.9 Å². The first-order chi connectivity index (χ1) is 9.73. The van der Waals surface area contributed by atoms with Crippen molar-refractivity contribution in [1.82, 2.24) is 8.87 Å². The lowest BCUT2D eigenvalue weighted by Gasteiger charge is -2.29. The largest absolute Gasteiger partial charge is 0.481 e. The number of amides is 1. The van der Waals surface area contributed by atoms with E-state index in [2.05, 4.69) is 0 Å². The van der Waals surface area contributed by atoms with Crippen LogP contribution in [0.4, 0.5) is 0 Å². The first-order valence-electron chi connectivity index (χ1n) is 6.42. The molecule has 0 aromatic carbocycles. The van der Waals surface area contributed by atoms with E-state index in [0.29, 0.717) is 12.8 Å². The number of hydrogen-bond acceptors (Lipinski definition) is 4. The lowest BCUT2D eigenvalue weighted by atomic mass is 10.0. The van der Waals surface area contributed by atoms with Gasteiger partial charge in [-0.15, -0.1) is 0 Å². The second-order valence-electron chi connectivity index (χ2n) is 5.08. The highest BCUT2D eigenvalue weighted by molar-refractivity contribution is 7.89. The molecule has 3 N–H and O–H groups in total. The molecule has 0 saturated carbocycles. The molecule has 1 aliphatic rings. The van der Waals surface area contributed by atoms with E-state index in [-0.39, 0.29) is 23.7 Å². The van der Waals surface area contributed by atoms with E-state index >= 15 is 0 Å². The van der Waals surface area contributed by atoms with E-state index in [1.165, 1.54) is 23.9 Å². The van der Waals surface area contributed by atoms with Crippen molar-refractivity contribution in [3.8, 4) is 0 Å². The van der Waals surface area contributed by atoms with Crippen molar-refractivity contribution >= 4 is 21.9 Å². The molecule has 1 aromatic heterocycles. The molecule has 9 heteroatoms. The zero-order chi connectivity index (χ0) is 15.8. The third kappa shape index (κ3) is 2.93. The molecule has 1 fully saturated rings. The summed E-state index contributed by atoms with van der Waals surface area (Å²) < 4.78 is 27.5. The number of aromatic nitrogens is 1. The summed E-state index contributed by atoms with van der Waals surface area (Å²) >= 11 is 0. The Kier molecular flexibility index (Phi) is 4.06. The average Bonchev–Trinajstić information content (AvgIpc) is 2.82. The number of carboxylic acids is 1. The van der Waals surface area contributed by atoms with Crippen molar-refractivity contribution in [2.45, 2.75) is 17.7 Å². The molecule has 0 bridgehead atoms. The number of nitrogens with zero attached hydrogens (tertiary/aromatic N) is 2. The van der Waals surface area contributed by atoms with Crippen LogP contribution < -0.4 is 5.73 Å². The topological polar surface area (TPSA) is 123 Å². The highest BCUT2D eigenvalue weighted by Gasteiger charge is 2.34. The van der Waals surface area contributed by atoms with Gasteiger partial charge in [-0.3, -0.25) is 9.59 Å². The molecule has 21 heavy (non-hydrogen) atoms. The number of rotatable bonds is 4. The minimum atomic E-state index is -3.82. The van der Waals surface area contributed by atoms with Crippen LogP contribution in [-0.2, 0) is 21.9 Å². The lowest BCUT2D eigenvalue weighted by Crippen LogP contribution is -2.42. The molecule has 1 unspecified atom stereocenters. The number of hydrogen-bond donors (Lipinski definition) is 2. The summed E-state index contributed by atoms with van der Waals surface area (Å²) in [5.41, 5.74) is 5.25. The van der Waals surface area contributed by atoms with Gasteiger partial charge in [-0.1, -0.05) is 0 Å². The first kappa shape index (κ1) is 15.5. The minimum absolute atomic E-state index is 0.0511. The van der Waals surface area contributed by atoms with Crippen molar-refractivity contribution in [2.24, 2.45) is 18.7 Å². The third-order valence-corrected chi connectivity index (χ3v) is 5.43. The SMILES string of the molecule is Cn1cc(S(=O)(=O)N2CCCC(C(=O)O)C2)cc1C(N)=O. The highest BCUT2D eigenvalue weighted by Crippen LogP contribution is 2.25. The number of piperidine rings is 1. The number of sulfonamides is 1. The van der Waals surface area contributed by atoms with Gasteiger partial charge in [0.05, 0.1) is 5.92 Å². The molecule has 1 aromatic rings. The summed E-state index contributed by atoms with van der Waals surface area (Å²) in [4.78, 5) is 22.2. The molecule has 1 atom stereocenters. The Bertz CT molecular complexity index is 679. The molecule has 0 spiro atoms. The standard InChI is InChI=1S/C12H17N3O5S/c1-14-7-9(5-10(14)11(13)16)21(19,20)15-4-2-3-8(6-15)12(17)18/h5,7-8H,2-4,6H2,1H3,(H2,13,16)(H,17,18). The molecule has 2 rings (SSSR count). The van der Waals surface area contributed by atoms with Crippen LogP contribution >= 0.6 is 0 Å². The van der Waals surface area contributed by atoms with E-state index in [1.54, 1.807) is 0 Å². The molecular weight excluding hydrogens is 298 g/mol. The smallest absolute Gasteiger partial charge is 0.307 e. The Balaban J connectivity index is 2.31. The second kappa shape index (κ2) is 5.49. The molecule has 1 aliphatic heterocycles. The van der Waals surface area contributed by atoms with Crippen molar-refractivity contribution in [3.05, 3.63) is 18.0 Å². The average molecular weight is 315 g/mol. The van der Waals surface area contributed by atoms with Crippen molar-refractivity contribution in [2.75, 3.05) is 13.1 Å². The van der Waals surface area contributed by atoms with Crippen LogP contribution in [0, 0.1) is 5.92 Å². The maximum absolute atomic E-state index is 12.5. The number of aryl methyl sites for hydroxylation is 1. The van der Waals surface area contributed by atoms with Crippen molar-refractivity contribution < 1.29 is 23.1 Å². The van der Waals surface area contributed by atoms with E-state index in [0.717, 1.165) is 4.31 Å². The van der Waals surface area contributed by atoms with Crippen molar-refractivity contribution in [1.29, 1.82) is 0 Å². The fraction of sp³-hybridized carbons (Fsp3) is 0.500. The predicted octanol–water partition coefficient (Wildman–Crippen LogP) is -0.391. The van der Waals surface area contributed by atoms with Gasteiger partial charge < -0.3 is 15.4 Å². The molecule has 2 heterocycles. The van der Waals surface area contributed by atoms with E-state index in [9.17, 15) is 18.0 Å². The maximum Gasteiger partial charge on any atom is 0.307 e. The number of primary amides is 1. The van der Waals surface area contributed by atoms with Gasteiger partial charge in [0.2, 0.25) is 10.0 Å². The molecule has 1 saturated heterocycles. The molecular formula is C12H17N3O5S. The fourth-order valence-electron chi connectivity index (χ4n) is 2.43. The Morgan fingerprint density at radius 3 is 2.62 bits per heavy atom. The Hall–Kier alpha value is -1.87. The van der Waals surface area contributed by atoms with Gasteiger partial charge in [0.15, 0.2) is 0 Å². The Morgan fingerprint density at radius 1 is 1.43 bits per heavy atom. The summed E-state index contributed by atoms with van der Waals surface area (Å²) in [5.74, 6) is -2.42. The van der Waals surface area contributed by atoms with Gasteiger partial charge >= 0.3 is 5.97 Å². The summed E-state index contributed by atoms with van der Waals surface area (Å²) in [6, 6.07) is 1.21. The van der Waals surface area contributed by atoms with Crippen LogP contribution in [0.1, 0.15) is 23.3 Å². The zero-order valence-corrected chi connectivity index (χ0v) is 12.3. The molecule has 0 aliphatic carbocycles. The van der Waals surface area contributed by atoms with Crippen LogP contribution in [0.15, 0.2) is 17.2 Å². The third-order valence-electron chi connectivity index (χ3n) is 3.60. The predicted molar refractivity (Wildman–Crippen MR) is 73.0 cm³/mol. The van der Waals surface area contributed by atoms with Gasteiger partial charge in [0, 0.05) is 26.3 Å². The number of carboxylic acid groups (broad SMARTS) is 1. The normalized spacial score (nSPS) is 20.3. The van der Waals surface area contributed by atoms with Gasteiger partial charge in [-0.2, -0.15) is 4.31 Å². The summed E-state index contributed by atoms with van der Waals surface area (Å²) in [6.07, 6.45) is 2.26. The Labute approximate surface area is 122 Å². The number of nitrogens with two attached hydrogens (primary N) is 1. The molecule has 1 amide bonds. The molecule has 0 radical (unpaired) electrons. The number of aliphatic carboxylic acids is 1. The zero-order valence-electron chi connectivity index (χ0n) is 11.5. The van der Waals surface area contributed by atoms with Crippen molar-refractivity contribution in [3.63, 3.8) is 0 Å². The second-order valence-corrected chi connectivity index (χ2v) is 7.01. The van der Waals surface area contributed by atoms with E-state index < -0.39 is 27.8 Å². The quantitative estimate of drug-likeness (QED) is 0.783. The number of carbonyl (C=O) groups is 2. The number of carbonyl (C=O) groups excluding carboxylic acids is 1. The summed E-state index contributed by atoms with van der Waals surface area (Å²) in [6.45, 7) is 0.214. The summed E-state index contributed by atoms with van der Waals surface area (Å²) in [5, 5.41) is 9.03. The monoisotopic (exact) mass is 315 g/mol. The van der Waals surface area contributed by atoms with Crippen LogP contribution in [0.3, 0.4) is 0 Å². The maximum atomic E-state index is 12.5. The summed E-state index contributed by atoms with van der Waals surface area (Å²) in [7, 11) is -2.30. The van der Waals surface area contributed by atoms with E-state index in [1.807, 2.05) is 0 Å². The van der Waals surface area contributed by atoms with Crippen LogP contribution in [0.2, 0.25) is 0 Å². The molecule has 116 valence electrons. The fourth-order valence-corrected chi connectivity index (χ4v) is 4.03. The molecule has 8 nitrogen and oxygen atoms in total. The van der Waals surface area contributed by atoms with E-state index in [4.69, 9.17) is 10.8 Å². The Morgan fingerprint density at radius 2 is 2.10 bits per heavy atom.